The molecule has 0 saturated carbocycles. The van der Waals surface area contributed by atoms with Gasteiger partial charge in [-0.1, -0.05) is 12.1 Å². The molecule has 2 aromatic heterocycles. The van der Waals surface area contributed by atoms with Crippen LogP contribution in [0.2, 0.25) is 0 Å². The molecule has 2 heterocycles. The van der Waals surface area contributed by atoms with Crippen LogP contribution in [-0.4, -0.2) is 66.3 Å². The summed E-state index contributed by atoms with van der Waals surface area (Å²) in [7, 11) is -4.31. The number of sulfonamides is 1. The minimum absolute atomic E-state index is 0.0275. The lowest BCUT2D eigenvalue weighted by molar-refractivity contribution is -0.245. The number of aromatic nitrogens is 2. The van der Waals surface area contributed by atoms with Gasteiger partial charge in [0.15, 0.2) is 11.4 Å². The number of hydroxylamine groups is 1. The van der Waals surface area contributed by atoms with Gasteiger partial charge in [-0.05, 0) is 98.1 Å². The predicted molar refractivity (Wildman–Crippen MR) is 238 cm³/mol. The van der Waals surface area contributed by atoms with Gasteiger partial charge in [-0.15, -0.1) is 19.6 Å². The molecule has 0 aliphatic heterocycles. The van der Waals surface area contributed by atoms with E-state index in [1.54, 1.807) is 19.9 Å². The fraction of sp³-hybridized carbons (Fsp3) is 0.429. The molecule has 0 spiro atoms. The van der Waals surface area contributed by atoms with E-state index in [1.807, 2.05) is 39.8 Å². The SMILES string of the molecule is CCn1c(O)c(N=Nc2ccc(-c3ccc(N=Nc4c(C)c(C#N)c(=O)n(CC)c4O)cc3S(=O)(=O)NCCCOC(C)C)c(SOONCCCOC(C)C)c2)c(C)c(C#N)c1=O. The van der Waals surface area contributed by atoms with Crippen LogP contribution in [0.3, 0.4) is 0 Å². The first-order valence-electron chi connectivity index (χ1n) is 20.3. The molecular formula is C42H52N10O10S2. The van der Waals surface area contributed by atoms with Gasteiger partial charge in [0.2, 0.25) is 21.8 Å². The molecule has 22 heteroatoms. The number of azo groups is 2. The number of rotatable bonds is 23. The van der Waals surface area contributed by atoms with Gasteiger partial charge < -0.3 is 19.7 Å². The molecule has 342 valence electrons. The van der Waals surface area contributed by atoms with Crippen molar-refractivity contribution in [2.45, 2.75) is 103 Å². The normalized spacial score (nSPS) is 11.9. The van der Waals surface area contributed by atoms with Crippen molar-refractivity contribution in [1.29, 1.82) is 10.5 Å². The molecule has 0 aliphatic rings. The van der Waals surface area contributed by atoms with Crippen LogP contribution >= 0.6 is 12.0 Å². The fourth-order valence-electron chi connectivity index (χ4n) is 6.06. The first-order valence-corrected chi connectivity index (χ1v) is 22.5. The Morgan fingerprint density at radius 2 is 1.23 bits per heavy atom. The number of pyridine rings is 2. The van der Waals surface area contributed by atoms with Crippen molar-refractivity contribution in [3.63, 3.8) is 0 Å². The maximum absolute atomic E-state index is 14.2. The van der Waals surface area contributed by atoms with Crippen LogP contribution in [0.4, 0.5) is 22.7 Å². The Morgan fingerprint density at radius 1 is 0.750 bits per heavy atom. The summed E-state index contributed by atoms with van der Waals surface area (Å²) in [5.74, 6) is -0.983. The molecule has 2 aromatic carbocycles. The van der Waals surface area contributed by atoms with Gasteiger partial charge in [-0.25, -0.2) is 13.1 Å². The van der Waals surface area contributed by atoms with Crippen molar-refractivity contribution in [3.05, 3.63) is 79.4 Å². The van der Waals surface area contributed by atoms with Crippen molar-refractivity contribution in [3.8, 4) is 35.0 Å². The molecule has 4 rings (SSSR count). The number of aromatic hydroxyl groups is 2. The Labute approximate surface area is 375 Å². The summed E-state index contributed by atoms with van der Waals surface area (Å²) in [4.78, 5) is 30.8. The van der Waals surface area contributed by atoms with E-state index in [1.165, 1.54) is 44.2 Å². The molecule has 0 unspecified atom stereocenters. The number of nitrogens with zero attached hydrogens (tertiary/aromatic N) is 8. The van der Waals surface area contributed by atoms with Gasteiger partial charge >= 0.3 is 0 Å². The van der Waals surface area contributed by atoms with E-state index in [9.17, 15) is 38.7 Å². The lowest BCUT2D eigenvalue weighted by Gasteiger charge is -2.16. The molecule has 0 fully saturated rings. The molecule has 20 nitrogen and oxygen atoms in total. The molecule has 0 aliphatic carbocycles. The average Bonchev–Trinajstić information content (AvgIpc) is 3.24. The number of hydrogen-bond acceptors (Lipinski definition) is 18. The van der Waals surface area contributed by atoms with Crippen molar-refractivity contribution >= 4 is 44.8 Å². The predicted octanol–water partition coefficient (Wildman–Crippen LogP) is 7.69. The Morgan fingerprint density at radius 3 is 1.72 bits per heavy atom. The highest BCUT2D eigenvalue weighted by Gasteiger charge is 2.24. The maximum atomic E-state index is 14.2. The van der Waals surface area contributed by atoms with Gasteiger partial charge in [-0.3, -0.25) is 18.7 Å². The minimum Gasteiger partial charge on any atom is -0.493 e. The number of benzene rings is 2. The molecule has 64 heavy (non-hydrogen) atoms. The van der Waals surface area contributed by atoms with Crippen LogP contribution in [-0.2, 0) is 41.9 Å². The smallest absolute Gasteiger partial charge is 0.271 e. The third kappa shape index (κ3) is 12.7. The number of hydrogen-bond donors (Lipinski definition) is 4. The first kappa shape index (κ1) is 50.8. The van der Waals surface area contributed by atoms with Gasteiger partial charge in [0.1, 0.15) is 23.3 Å². The van der Waals surface area contributed by atoms with Crippen LogP contribution in [0.25, 0.3) is 11.1 Å². The molecule has 4 N–H and O–H groups in total. The van der Waals surface area contributed by atoms with Crippen molar-refractivity contribution in [1.82, 2.24) is 19.3 Å². The van der Waals surface area contributed by atoms with Crippen LogP contribution in [0.1, 0.15) is 76.6 Å². The average molecular weight is 921 g/mol. The zero-order chi connectivity index (χ0) is 47.1. The number of nitriles is 2. The summed E-state index contributed by atoms with van der Waals surface area (Å²) in [6.07, 6.45) is 0.989. The monoisotopic (exact) mass is 920 g/mol. The number of nitrogens with one attached hydrogen (secondary N) is 2. The highest BCUT2D eigenvalue weighted by Crippen LogP contribution is 2.41. The van der Waals surface area contributed by atoms with Gasteiger partial charge in [-0.2, -0.15) is 26.2 Å². The summed E-state index contributed by atoms with van der Waals surface area (Å²) in [6.45, 7) is 15.1. The standard InChI is InChI=1S/C42H52N10O10S2/c1-9-51-39(53)33(23-43)27(7)37(41(51)55)49-47-29-13-15-31(35(21-29)63-62-61-45-17-11-19-59-25(3)4)32-16-14-30(22-36(32)64(57,58)46-18-12-20-60-26(5)6)48-50-38-28(8)34(24-44)40(54)52(10-2)42(38)56/h13-16,21-22,25-26,45-46,55-56H,9-12,17-20H2,1-8H3. The Bertz CT molecular complexity index is 2690. The summed E-state index contributed by atoms with van der Waals surface area (Å²) in [5.41, 5.74) is 1.66. The van der Waals surface area contributed by atoms with E-state index in [0.717, 1.165) is 21.2 Å². The van der Waals surface area contributed by atoms with Crippen LogP contribution in [0.15, 0.2) is 76.2 Å². The molecule has 0 radical (unpaired) electrons. The van der Waals surface area contributed by atoms with Crippen molar-refractivity contribution in [2.75, 3.05) is 26.3 Å². The Balaban J connectivity index is 1.85. The van der Waals surface area contributed by atoms with Crippen molar-refractivity contribution in [2.24, 2.45) is 20.5 Å². The van der Waals surface area contributed by atoms with E-state index in [0.29, 0.717) is 43.1 Å². The molecule has 0 atom stereocenters. The Hall–Kier alpha value is -5.82. The van der Waals surface area contributed by atoms with Gasteiger partial charge in [0, 0.05) is 61.0 Å². The highest BCUT2D eigenvalue weighted by molar-refractivity contribution is 7.94. The number of ether oxygens (including phenoxy) is 2. The van der Waals surface area contributed by atoms with E-state index in [-0.39, 0.29) is 87.3 Å². The fourth-order valence-corrected chi connectivity index (χ4v) is 7.96. The zero-order valence-electron chi connectivity index (χ0n) is 36.8. The molecule has 0 amide bonds. The largest absolute Gasteiger partial charge is 0.493 e. The second-order valence-electron chi connectivity index (χ2n) is 14.5. The third-order valence-electron chi connectivity index (χ3n) is 9.37. The minimum atomic E-state index is -4.31. The van der Waals surface area contributed by atoms with Gasteiger partial charge in [0.25, 0.3) is 11.1 Å². The molecular weight excluding hydrogens is 869 g/mol. The summed E-state index contributed by atoms with van der Waals surface area (Å²) >= 11 is 0.725. The lowest BCUT2D eigenvalue weighted by Crippen LogP contribution is -2.26. The zero-order valence-corrected chi connectivity index (χ0v) is 38.5. The summed E-state index contributed by atoms with van der Waals surface area (Å²) in [5, 5.41) is 58.0. The van der Waals surface area contributed by atoms with Gasteiger partial charge in [0.05, 0.1) is 40.5 Å². The second-order valence-corrected chi connectivity index (χ2v) is 17.0. The highest BCUT2D eigenvalue weighted by atomic mass is 32.2. The van der Waals surface area contributed by atoms with Crippen LogP contribution in [0.5, 0.6) is 11.8 Å². The summed E-state index contributed by atoms with van der Waals surface area (Å²) < 4.78 is 49.6. The van der Waals surface area contributed by atoms with E-state index >= 15 is 0 Å². The maximum Gasteiger partial charge on any atom is 0.271 e. The molecule has 0 bridgehead atoms. The van der Waals surface area contributed by atoms with E-state index in [2.05, 4.69) is 30.7 Å². The molecule has 0 saturated heterocycles. The summed E-state index contributed by atoms with van der Waals surface area (Å²) in [6, 6.07) is 12.6. The van der Waals surface area contributed by atoms with Crippen LogP contribution < -0.4 is 21.3 Å². The Kier molecular flexibility index (Phi) is 18.9. The van der Waals surface area contributed by atoms with Crippen molar-refractivity contribution < 1.29 is 37.4 Å². The van der Waals surface area contributed by atoms with Crippen LogP contribution in [0, 0.1) is 36.5 Å². The quantitative estimate of drug-likeness (QED) is 0.0183. The lowest BCUT2D eigenvalue weighted by atomic mass is 10.0. The topological polar surface area (TPSA) is 277 Å². The van der Waals surface area contributed by atoms with E-state index < -0.39 is 32.9 Å². The second kappa shape index (κ2) is 23.7. The third-order valence-corrected chi connectivity index (χ3v) is 11.5. The molecule has 4 aromatic rings. The van der Waals surface area contributed by atoms with E-state index in [4.69, 9.17) is 18.8 Å². The first-order chi connectivity index (χ1) is 30.5.